The lowest BCUT2D eigenvalue weighted by Gasteiger charge is -2.25. The van der Waals surface area contributed by atoms with Gasteiger partial charge >= 0.3 is 0 Å². The molecule has 0 aliphatic carbocycles. The fourth-order valence-electron chi connectivity index (χ4n) is 3.62. The van der Waals surface area contributed by atoms with Crippen LogP contribution in [0.2, 0.25) is 5.02 Å². The Morgan fingerprint density at radius 3 is 2.67 bits per heavy atom. The van der Waals surface area contributed by atoms with Crippen LogP contribution in [-0.2, 0) is 0 Å². The zero-order valence-electron chi connectivity index (χ0n) is 15.2. The predicted molar refractivity (Wildman–Crippen MR) is 109 cm³/mol. The summed E-state index contributed by atoms with van der Waals surface area (Å²) in [5, 5.41) is 0.125. The van der Waals surface area contributed by atoms with Crippen molar-refractivity contribution in [2.75, 3.05) is 19.6 Å². The first kappa shape index (κ1) is 18.0. The molecule has 0 saturated carbocycles. The number of benzene rings is 1. The molecule has 2 aromatic heterocycles. The number of hydrogen-bond acceptors (Lipinski definition) is 2. The third-order valence-corrected chi connectivity index (χ3v) is 5.43. The van der Waals surface area contributed by atoms with Crippen LogP contribution in [0.3, 0.4) is 0 Å². The zero-order chi connectivity index (χ0) is 18.8. The molecule has 138 valence electrons. The molecule has 27 heavy (non-hydrogen) atoms. The van der Waals surface area contributed by atoms with Gasteiger partial charge in [-0.2, -0.15) is 0 Å². The molecule has 0 radical (unpaired) electrons. The van der Waals surface area contributed by atoms with Crippen molar-refractivity contribution in [1.82, 2.24) is 14.9 Å². The molecule has 0 spiro atoms. The van der Waals surface area contributed by atoms with Gasteiger partial charge in [-0.25, -0.2) is 4.39 Å². The largest absolute Gasteiger partial charge is 0.360 e. The lowest BCUT2D eigenvalue weighted by Crippen LogP contribution is -2.28. The van der Waals surface area contributed by atoms with Crippen molar-refractivity contribution in [3.63, 3.8) is 0 Å². The molecule has 0 amide bonds. The van der Waals surface area contributed by atoms with E-state index in [9.17, 15) is 4.39 Å². The van der Waals surface area contributed by atoms with Crippen LogP contribution in [0.1, 0.15) is 18.9 Å². The molecular formula is C22H21ClFN3. The number of likely N-dealkylation sites (N-methyl/N-ethyl adjacent to an activating group) is 1. The lowest BCUT2D eigenvalue weighted by molar-refractivity contribution is 0.319. The second-order valence-electron chi connectivity index (χ2n) is 6.69. The van der Waals surface area contributed by atoms with Crippen LogP contribution in [0.15, 0.2) is 55.0 Å². The molecular weight excluding hydrogens is 361 g/mol. The smallest absolute Gasteiger partial charge is 0.141 e. The summed E-state index contributed by atoms with van der Waals surface area (Å²) in [6, 6.07) is 8.85. The highest BCUT2D eigenvalue weighted by atomic mass is 35.5. The Balaban J connectivity index is 1.85. The number of aromatic nitrogens is 2. The van der Waals surface area contributed by atoms with Gasteiger partial charge in [0.05, 0.1) is 10.7 Å². The molecule has 3 aromatic rings. The van der Waals surface area contributed by atoms with E-state index in [2.05, 4.69) is 34.1 Å². The van der Waals surface area contributed by atoms with Crippen molar-refractivity contribution in [2.45, 2.75) is 13.3 Å². The van der Waals surface area contributed by atoms with Gasteiger partial charge in [0.1, 0.15) is 5.82 Å². The van der Waals surface area contributed by atoms with Gasteiger partial charge in [-0.15, -0.1) is 0 Å². The molecule has 3 nitrogen and oxygen atoms in total. The molecule has 0 atom stereocenters. The van der Waals surface area contributed by atoms with E-state index in [1.807, 2.05) is 12.1 Å². The molecule has 1 N–H and O–H groups in total. The molecule has 0 unspecified atom stereocenters. The van der Waals surface area contributed by atoms with Gasteiger partial charge in [0.2, 0.25) is 0 Å². The summed E-state index contributed by atoms with van der Waals surface area (Å²) in [5.74, 6) is -0.410. The van der Waals surface area contributed by atoms with Crippen molar-refractivity contribution >= 4 is 17.2 Å². The Morgan fingerprint density at radius 2 is 2.00 bits per heavy atom. The van der Waals surface area contributed by atoms with Gasteiger partial charge in [-0.3, -0.25) is 9.88 Å². The van der Waals surface area contributed by atoms with Crippen LogP contribution in [0.4, 0.5) is 4.39 Å². The number of rotatable bonds is 4. The van der Waals surface area contributed by atoms with Crippen LogP contribution in [0.25, 0.3) is 28.0 Å². The number of pyridine rings is 1. The van der Waals surface area contributed by atoms with Crippen molar-refractivity contribution in [2.24, 2.45) is 0 Å². The van der Waals surface area contributed by atoms with Crippen molar-refractivity contribution in [1.29, 1.82) is 0 Å². The summed E-state index contributed by atoms with van der Waals surface area (Å²) in [6.45, 7) is 5.27. The number of nitrogens with zero attached hydrogens (tertiary/aromatic N) is 2. The summed E-state index contributed by atoms with van der Waals surface area (Å²) in [5.41, 5.74) is 6.52. The molecule has 0 fully saturated rings. The van der Waals surface area contributed by atoms with Crippen LogP contribution in [0, 0.1) is 5.82 Å². The van der Waals surface area contributed by atoms with Crippen LogP contribution < -0.4 is 0 Å². The Kier molecular flexibility index (Phi) is 5.10. The van der Waals surface area contributed by atoms with Crippen LogP contribution in [-0.4, -0.2) is 34.5 Å². The molecule has 4 rings (SSSR count). The summed E-state index contributed by atoms with van der Waals surface area (Å²) in [6.07, 6.45) is 8.95. The van der Waals surface area contributed by atoms with Gasteiger partial charge in [-0.05, 0) is 54.4 Å². The van der Waals surface area contributed by atoms with Gasteiger partial charge in [0, 0.05) is 48.4 Å². The van der Waals surface area contributed by atoms with E-state index in [4.69, 9.17) is 11.6 Å². The highest BCUT2D eigenvalue weighted by molar-refractivity contribution is 6.31. The van der Waals surface area contributed by atoms with E-state index in [1.165, 1.54) is 17.2 Å². The van der Waals surface area contributed by atoms with Gasteiger partial charge in [-0.1, -0.05) is 24.6 Å². The number of halogens is 2. The highest BCUT2D eigenvalue weighted by Crippen LogP contribution is 2.39. The maximum Gasteiger partial charge on any atom is 0.141 e. The quantitative estimate of drug-likeness (QED) is 0.633. The maximum absolute atomic E-state index is 13.6. The Morgan fingerprint density at radius 1 is 1.19 bits per heavy atom. The zero-order valence-corrected chi connectivity index (χ0v) is 15.9. The normalized spacial score (nSPS) is 15.0. The topological polar surface area (TPSA) is 31.9 Å². The predicted octanol–water partition coefficient (Wildman–Crippen LogP) is 5.65. The summed E-state index contributed by atoms with van der Waals surface area (Å²) < 4.78 is 13.6. The molecule has 3 heterocycles. The fourth-order valence-corrected chi connectivity index (χ4v) is 3.80. The molecule has 0 bridgehead atoms. The minimum atomic E-state index is -0.410. The minimum Gasteiger partial charge on any atom is -0.360 e. The van der Waals surface area contributed by atoms with E-state index in [1.54, 1.807) is 24.5 Å². The number of nitrogens with one attached hydrogen (secondary N) is 1. The van der Waals surface area contributed by atoms with Gasteiger partial charge in [0.15, 0.2) is 0 Å². The van der Waals surface area contributed by atoms with E-state index < -0.39 is 5.82 Å². The Hall–Kier alpha value is -2.43. The van der Waals surface area contributed by atoms with Crippen LogP contribution >= 0.6 is 11.6 Å². The average Bonchev–Trinajstić information content (AvgIpc) is 3.16. The second-order valence-corrected chi connectivity index (χ2v) is 7.10. The summed E-state index contributed by atoms with van der Waals surface area (Å²) >= 11 is 6.03. The number of H-pyrrole nitrogens is 1. The van der Waals surface area contributed by atoms with Gasteiger partial charge < -0.3 is 4.98 Å². The van der Waals surface area contributed by atoms with Crippen molar-refractivity contribution in [3.8, 4) is 22.4 Å². The lowest BCUT2D eigenvalue weighted by atomic mass is 9.92. The molecule has 1 aliphatic rings. The van der Waals surface area contributed by atoms with Crippen molar-refractivity contribution in [3.05, 3.63) is 71.4 Å². The Labute approximate surface area is 163 Å². The highest BCUT2D eigenvalue weighted by Gasteiger charge is 2.20. The second kappa shape index (κ2) is 7.67. The summed E-state index contributed by atoms with van der Waals surface area (Å²) in [4.78, 5) is 9.97. The van der Waals surface area contributed by atoms with Gasteiger partial charge in [0.25, 0.3) is 0 Å². The molecule has 1 aromatic carbocycles. The van der Waals surface area contributed by atoms with E-state index >= 15 is 0 Å². The third kappa shape index (κ3) is 3.55. The number of hydrogen-bond donors (Lipinski definition) is 1. The first-order valence-electron chi connectivity index (χ1n) is 9.16. The average molecular weight is 382 g/mol. The first-order valence-corrected chi connectivity index (χ1v) is 9.54. The number of aromatic amines is 1. The van der Waals surface area contributed by atoms with Crippen LogP contribution in [0.5, 0.6) is 0 Å². The van der Waals surface area contributed by atoms with E-state index in [-0.39, 0.29) is 5.02 Å². The molecule has 5 heteroatoms. The third-order valence-electron chi connectivity index (χ3n) is 5.14. The monoisotopic (exact) mass is 381 g/mol. The minimum absolute atomic E-state index is 0.125. The van der Waals surface area contributed by atoms with Crippen molar-refractivity contribution < 1.29 is 4.39 Å². The molecule has 1 aliphatic heterocycles. The SMILES string of the molecule is CCN1CC=C(c2c[nH]c(-c3ccc(F)c(Cl)c3)c2-c2ccncc2)CC1. The maximum atomic E-state index is 13.6. The Bertz CT molecular complexity index is 978. The van der Waals surface area contributed by atoms with E-state index in [0.717, 1.165) is 48.4 Å². The summed E-state index contributed by atoms with van der Waals surface area (Å²) in [7, 11) is 0. The van der Waals surface area contributed by atoms with E-state index in [0.29, 0.717) is 0 Å². The fraction of sp³-hybridized carbons (Fsp3) is 0.227. The molecule has 0 saturated heterocycles. The standard InChI is InChI=1S/C22H21ClFN3/c1-2-27-11-7-15(8-12-27)18-14-26-22(17-3-4-20(24)19(23)13-17)21(18)16-5-9-25-10-6-16/h3-7,9-10,13-14,26H,2,8,11-12H2,1H3. The first-order chi connectivity index (χ1) is 13.2.